The van der Waals surface area contributed by atoms with Gasteiger partial charge in [0.05, 0.1) is 18.2 Å². The normalized spacial score (nSPS) is 12.9. The predicted molar refractivity (Wildman–Crippen MR) is 122 cm³/mol. The monoisotopic (exact) mass is 454 g/mol. The molecule has 1 aromatic carbocycles. The fraction of sp³-hybridized carbons (Fsp3) is 0.375. The summed E-state index contributed by atoms with van der Waals surface area (Å²) in [4.78, 5) is 26.7. The van der Waals surface area contributed by atoms with Crippen molar-refractivity contribution < 1.29 is 23.6 Å². The van der Waals surface area contributed by atoms with Crippen molar-refractivity contribution in [3.05, 3.63) is 62.3 Å². The first-order valence-electron chi connectivity index (χ1n) is 10.6. The van der Waals surface area contributed by atoms with Gasteiger partial charge in [-0.2, -0.15) is 0 Å². The average Bonchev–Trinajstić information content (AvgIpc) is 3.32. The SMILES string of the molecule is COC(=O)c1c(NC(=O)c2noc(C)c2COc2ccc(C)cc2C)sc2c1CCCC2. The van der Waals surface area contributed by atoms with Gasteiger partial charge < -0.3 is 19.3 Å². The summed E-state index contributed by atoms with van der Waals surface area (Å²) in [6.07, 6.45) is 3.80. The van der Waals surface area contributed by atoms with E-state index < -0.39 is 11.9 Å². The zero-order chi connectivity index (χ0) is 22.8. The van der Waals surface area contributed by atoms with Gasteiger partial charge in [0, 0.05) is 4.88 Å². The van der Waals surface area contributed by atoms with Crippen molar-refractivity contribution in [2.45, 2.75) is 53.1 Å². The van der Waals surface area contributed by atoms with Crippen LogP contribution in [0.25, 0.3) is 0 Å². The molecule has 0 unspecified atom stereocenters. The Labute approximate surface area is 190 Å². The Hall–Kier alpha value is -3.13. The number of esters is 1. The molecule has 0 aliphatic heterocycles. The predicted octanol–water partition coefficient (Wildman–Crippen LogP) is 5.16. The van der Waals surface area contributed by atoms with Gasteiger partial charge in [-0.05, 0) is 63.6 Å². The number of nitrogens with one attached hydrogen (secondary N) is 1. The van der Waals surface area contributed by atoms with E-state index in [1.165, 1.54) is 18.4 Å². The molecule has 2 heterocycles. The van der Waals surface area contributed by atoms with Crippen LogP contribution in [0.3, 0.4) is 0 Å². The minimum Gasteiger partial charge on any atom is -0.488 e. The lowest BCUT2D eigenvalue weighted by atomic mass is 9.95. The van der Waals surface area contributed by atoms with Gasteiger partial charge in [0.15, 0.2) is 5.69 Å². The highest BCUT2D eigenvalue weighted by atomic mass is 32.1. The first-order chi connectivity index (χ1) is 15.4. The van der Waals surface area contributed by atoms with E-state index in [2.05, 4.69) is 10.5 Å². The highest BCUT2D eigenvalue weighted by Crippen LogP contribution is 2.39. The van der Waals surface area contributed by atoms with Crippen molar-refractivity contribution in [3.63, 3.8) is 0 Å². The molecule has 0 saturated carbocycles. The molecule has 1 aliphatic carbocycles. The first-order valence-corrected chi connectivity index (χ1v) is 11.4. The minimum atomic E-state index is -0.440. The summed E-state index contributed by atoms with van der Waals surface area (Å²) in [6, 6.07) is 5.92. The van der Waals surface area contributed by atoms with Gasteiger partial charge in [0.1, 0.15) is 23.1 Å². The molecule has 168 valence electrons. The largest absolute Gasteiger partial charge is 0.488 e. The summed E-state index contributed by atoms with van der Waals surface area (Å²) in [5, 5.41) is 7.33. The highest BCUT2D eigenvalue weighted by molar-refractivity contribution is 7.17. The standard InChI is InChI=1S/C24H26N2O5S/c1-13-9-10-18(14(2)11-13)30-12-17-15(3)31-26-21(17)22(27)25-23-20(24(28)29-4)16-7-5-6-8-19(16)32-23/h9-11H,5-8,12H2,1-4H3,(H,25,27). The summed E-state index contributed by atoms with van der Waals surface area (Å²) >= 11 is 1.43. The van der Waals surface area contributed by atoms with Crippen LogP contribution in [-0.4, -0.2) is 24.1 Å². The van der Waals surface area contributed by atoms with E-state index in [1.54, 1.807) is 6.92 Å². The number of hydrogen-bond acceptors (Lipinski definition) is 7. The van der Waals surface area contributed by atoms with Crippen LogP contribution in [-0.2, 0) is 24.2 Å². The third-order valence-corrected chi connectivity index (χ3v) is 6.90. The molecule has 8 heteroatoms. The first kappa shape index (κ1) is 22.1. The molecule has 1 amide bonds. The van der Waals surface area contributed by atoms with Crippen LogP contribution in [0.5, 0.6) is 5.75 Å². The number of methoxy groups -OCH3 is 1. The summed E-state index contributed by atoms with van der Waals surface area (Å²) < 4.78 is 16.2. The maximum atomic E-state index is 13.1. The van der Waals surface area contributed by atoms with Crippen LogP contribution < -0.4 is 10.1 Å². The van der Waals surface area contributed by atoms with E-state index in [9.17, 15) is 9.59 Å². The van der Waals surface area contributed by atoms with Gasteiger partial charge in [-0.1, -0.05) is 22.9 Å². The van der Waals surface area contributed by atoms with Gasteiger partial charge >= 0.3 is 5.97 Å². The van der Waals surface area contributed by atoms with Gasteiger partial charge in [-0.3, -0.25) is 4.79 Å². The lowest BCUT2D eigenvalue weighted by Gasteiger charge is -2.12. The van der Waals surface area contributed by atoms with Crippen LogP contribution in [0, 0.1) is 20.8 Å². The number of fused-ring (bicyclic) bond motifs is 1. The Balaban J connectivity index is 1.57. The second-order valence-electron chi connectivity index (χ2n) is 7.98. The zero-order valence-corrected chi connectivity index (χ0v) is 19.5. The number of rotatable bonds is 6. The number of amides is 1. The molecule has 0 atom stereocenters. The highest BCUT2D eigenvalue weighted by Gasteiger charge is 2.29. The van der Waals surface area contributed by atoms with Crippen molar-refractivity contribution in [2.75, 3.05) is 12.4 Å². The van der Waals surface area contributed by atoms with Crippen LogP contribution >= 0.6 is 11.3 Å². The van der Waals surface area contributed by atoms with Crippen LogP contribution in [0.15, 0.2) is 22.7 Å². The minimum absolute atomic E-state index is 0.146. The smallest absolute Gasteiger partial charge is 0.341 e. The molecule has 0 spiro atoms. The third-order valence-electron chi connectivity index (χ3n) is 5.69. The number of anilines is 1. The molecule has 7 nitrogen and oxygen atoms in total. The molecule has 32 heavy (non-hydrogen) atoms. The van der Waals surface area contributed by atoms with Crippen LogP contribution in [0.4, 0.5) is 5.00 Å². The molecule has 0 fully saturated rings. The molecular formula is C24H26N2O5S. The Kier molecular flexibility index (Phi) is 6.32. The molecular weight excluding hydrogens is 428 g/mol. The Morgan fingerprint density at radius 1 is 1.19 bits per heavy atom. The number of thiophene rings is 1. The molecule has 0 radical (unpaired) electrons. The van der Waals surface area contributed by atoms with E-state index in [1.807, 2.05) is 32.0 Å². The zero-order valence-electron chi connectivity index (χ0n) is 18.7. The van der Waals surface area contributed by atoms with E-state index in [0.717, 1.165) is 53.0 Å². The van der Waals surface area contributed by atoms with Crippen molar-refractivity contribution in [2.24, 2.45) is 0 Å². The van der Waals surface area contributed by atoms with Crippen molar-refractivity contribution in [1.29, 1.82) is 0 Å². The summed E-state index contributed by atoms with van der Waals surface area (Å²) in [5.41, 5.74) is 4.32. The summed E-state index contributed by atoms with van der Waals surface area (Å²) in [5.74, 6) is 0.374. The number of hydrogen-bond donors (Lipinski definition) is 1. The maximum absolute atomic E-state index is 13.1. The van der Waals surface area contributed by atoms with Crippen molar-refractivity contribution in [1.82, 2.24) is 5.16 Å². The number of benzene rings is 1. The van der Waals surface area contributed by atoms with Gasteiger partial charge in [-0.15, -0.1) is 11.3 Å². The number of aryl methyl sites for hydroxylation is 4. The van der Waals surface area contributed by atoms with Gasteiger partial charge in [-0.25, -0.2) is 4.79 Å². The van der Waals surface area contributed by atoms with E-state index in [4.69, 9.17) is 14.0 Å². The van der Waals surface area contributed by atoms with Crippen molar-refractivity contribution in [3.8, 4) is 5.75 Å². The number of ether oxygens (including phenoxy) is 2. The maximum Gasteiger partial charge on any atom is 0.341 e. The fourth-order valence-corrected chi connectivity index (χ4v) is 5.26. The molecule has 0 saturated heterocycles. The number of aromatic nitrogens is 1. The lowest BCUT2D eigenvalue weighted by molar-refractivity contribution is 0.0601. The lowest BCUT2D eigenvalue weighted by Crippen LogP contribution is -2.17. The van der Waals surface area contributed by atoms with Gasteiger partial charge in [0.2, 0.25) is 0 Å². The summed E-state index contributed by atoms with van der Waals surface area (Å²) in [7, 11) is 1.35. The molecule has 1 aliphatic rings. The Morgan fingerprint density at radius 3 is 2.72 bits per heavy atom. The molecule has 4 rings (SSSR count). The number of carbonyl (C=O) groups is 2. The number of nitrogens with zero attached hydrogens (tertiary/aromatic N) is 1. The third kappa shape index (κ3) is 4.27. The molecule has 2 aromatic heterocycles. The van der Waals surface area contributed by atoms with Crippen LogP contribution in [0.1, 0.15) is 66.6 Å². The fourth-order valence-electron chi connectivity index (χ4n) is 3.98. The number of carbonyl (C=O) groups excluding carboxylic acids is 2. The molecule has 1 N–H and O–H groups in total. The van der Waals surface area contributed by atoms with E-state index in [-0.39, 0.29) is 12.3 Å². The summed E-state index contributed by atoms with van der Waals surface area (Å²) in [6.45, 7) is 5.89. The Morgan fingerprint density at radius 2 is 1.97 bits per heavy atom. The Bertz CT molecular complexity index is 1180. The quantitative estimate of drug-likeness (QED) is 0.518. The van der Waals surface area contributed by atoms with E-state index >= 15 is 0 Å². The molecule has 3 aromatic rings. The van der Waals surface area contributed by atoms with Gasteiger partial charge in [0.25, 0.3) is 5.91 Å². The van der Waals surface area contributed by atoms with Crippen LogP contribution in [0.2, 0.25) is 0 Å². The topological polar surface area (TPSA) is 90.7 Å². The second kappa shape index (κ2) is 9.16. The average molecular weight is 455 g/mol. The molecule has 0 bridgehead atoms. The second-order valence-corrected chi connectivity index (χ2v) is 9.09. The van der Waals surface area contributed by atoms with Crippen molar-refractivity contribution >= 4 is 28.2 Å². The van der Waals surface area contributed by atoms with E-state index in [0.29, 0.717) is 21.9 Å².